The smallest absolute Gasteiger partial charge is 0.0510 e. The molecule has 0 N–H and O–H groups in total. The molecule has 2 unspecified atom stereocenters. The molecule has 2 atom stereocenters. The predicted molar refractivity (Wildman–Crippen MR) is 149 cm³/mol. The van der Waals surface area contributed by atoms with E-state index in [1.807, 2.05) is 6.08 Å². The maximum absolute atomic E-state index is 4.00. The Kier molecular flexibility index (Phi) is 7.97. The molecule has 0 aliphatic rings. The first-order valence-corrected chi connectivity index (χ1v) is 13.2. The highest BCUT2D eigenvalue weighted by atomic mass is 31.1. The standard InChI is InChI=1S/C29H37NP2/c1-8-15-22-20-25(28(2,3)4)27(26(21-22)29(5,6)7)30(31-23-16-11-9-12-17-23)32-24-18-13-10-14-19-24/h8-14,16-21,31-32H,1,15H2,2-7H3. The van der Waals surface area contributed by atoms with E-state index in [9.17, 15) is 0 Å². The molecule has 0 heterocycles. The van der Waals surface area contributed by atoms with Crippen molar-refractivity contribution in [3.63, 3.8) is 0 Å². The molecule has 0 saturated carbocycles. The summed E-state index contributed by atoms with van der Waals surface area (Å²) in [7, 11) is 1.15. The fraction of sp³-hybridized carbons (Fsp3) is 0.310. The molecule has 0 amide bonds. The summed E-state index contributed by atoms with van der Waals surface area (Å²) in [6.07, 6.45) is 2.91. The zero-order valence-electron chi connectivity index (χ0n) is 20.4. The molecule has 3 rings (SSSR count). The summed E-state index contributed by atoms with van der Waals surface area (Å²) >= 11 is 0. The topological polar surface area (TPSA) is 3.24 Å². The van der Waals surface area contributed by atoms with Gasteiger partial charge >= 0.3 is 0 Å². The first kappa shape index (κ1) is 24.7. The second kappa shape index (κ2) is 10.3. The molecule has 0 fully saturated rings. The van der Waals surface area contributed by atoms with Crippen LogP contribution in [0.25, 0.3) is 0 Å². The molecule has 1 nitrogen and oxygen atoms in total. The molecular formula is C29H37NP2. The van der Waals surface area contributed by atoms with Crippen molar-refractivity contribution >= 4 is 33.8 Å². The Morgan fingerprint density at radius 2 is 1.12 bits per heavy atom. The lowest BCUT2D eigenvalue weighted by Crippen LogP contribution is -2.24. The summed E-state index contributed by atoms with van der Waals surface area (Å²) in [4.78, 5) is 0. The monoisotopic (exact) mass is 461 g/mol. The van der Waals surface area contributed by atoms with Crippen LogP contribution < -0.4 is 15.1 Å². The fourth-order valence-corrected chi connectivity index (χ4v) is 6.69. The number of rotatable bonds is 7. The Labute approximate surface area is 199 Å². The Bertz CT molecular complexity index is 952. The maximum atomic E-state index is 4.00. The second-order valence-corrected chi connectivity index (χ2v) is 13.3. The summed E-state index contributed by atoms with van der Waals surface area (Å²) < 4.78 is 2.64. The maximum Gasteiger partial charge on any atom is 0.0510 e. The minimum Gasteiger partial charge on any atom is -0.326 e. The highest BCUT2D eigenvalue weighted by molar-refractivity contribution is 7.67. The van der Waals surface area contributed by atoms with Crippen molar-refractivity contribution < 1.29 is 0 Å². The van der Waals surface area contributed by atoms with Gasteiger partial charge in [0, 0.05) is 17.5 Å². The lowest BCUT2D eigenvalue weighted by Gasteiger charge is -2.37. The van der Waals surface area contributed by atoms with Crippen LogP contribution in [0.4, 0.5) is 5.69 Å². The van der Waals surface area contributed by atoms with Gasteiger partial charge in [0.25, 0.3) is 0 Å². The zero-order valence-corrected chi connectivity index (χ0v) is 22.4. The molecule has 0 aliphatic carbocycles. The van der Waals surface area contributed by atoms with Crippen molar-refractivity contribution in [1.29, 1.82) is 0 Å². The Hall–Kier alpha value is -1.94. The van der Waals surface area contributed by atoms with Gasteiger partial charge in [-0.05, 0) is 44.6 Å². The van der Waals surface area contributed by atoms with E-state index in [1.54, 1.807) is 0 Å². The van der Waals surface area contributed by atoms with E-state index in [2.05, 4.69) is 125 Å². The van der Waals surface area contributed by atoms with Crippen LogP contribution in [0.1, 0.15) is 58.2 Å². The van der Waals surface area contributed by atoms with Gasteiger partial charge in [0.2, 0.25) is 0 Å². The Morgan fingerprint density at radius 1 is 0.719 bits per heavy atom. The summed E-state index contributed by atoms with van der Waals surface area (Å²) in [6, 6.07) is 26.6. The lowest BCUT2D eigenvalue weighted by molar-refractivity contribution is 0.570. The third-order valence-electron chi connectivity index (χ3n) is 5.42. The minimum atomic E-state index is 0.0348. The van der Waals surface area contributed by atoms with Crippen molar-refractivity contribution in [2.75, 3.05) is 4.44 Å². The van der Waals surface area contributed by atoms with Crippen LogP contribution >= 0.6 is 17.5 Å². The van der Waals surface area contributed by atoms with Crippen LogP contribution in [0.2, 0.25) is 0 Å². The third kappa shape index (κ3) is 6.31. The quantitative estimate of drug-likeness (QED) is 0.258. The number of hydrogen-bond acceptors (Lipinski definition) is 1. The average Bonchev–Trinajstić information content (AvgIpc) is 2.73. The first-order valence-electron chi connectivity index (χ1n) is 11.3. The van der Waals surface area contributed by atoms with Crippen molar-refractivity contribution in [2.45, 2.75) is 58.8 Å². The van der Waals surface area contributed by atoms with Crippen LogP contribution in [0.3, 0.4) is 0 Å². The van der Waals surface area contributed by atoms with Gasteiger partial charge in [0.15, 0.2) is 0 Å². The van der Waals surface area contributed by atoms with Crippen LogP contribution in [0, 0.1) is 0 Å². The van der Waals surface area contributed by atoms with E-state index in [0.717, 1.165) is 6.42 Å². The number of allylic oxidation sites excluding steroid dienone is 1. The average molecular weight is 462 g/mol. The zero-order chi connectivity index (χ0) is 23.4. The predicted octanol–water partition coefficient (Wildman–Crippen LogP) is 7.65. The molecule has 0 aromatic heterocycles. The molecule has 3 aromatic rings. The fourth-order valence-electron chi connectivity index (χ4n) is 3.79. The lowest BCUT2D eigenvalue weighted by atomic mass is 9.77. The van der Waals surface area contributed by atoms with Crippen LogP contribution in [-0.2, 0) is 17.3 Å². The molecular weight excluding hydrogens is 424 g/mol. The summed E-state index contributed by atoms with van der Waals surface area (Å²) in [5.41, 5.74) is 5.68. The minimum absolute atomic E-state index is 0.0348. The van der Waals surface area contributed by atoms with Crippen molar-refractivity contribution in [3.8, 4) is 0 Å². The Balaban J connectivity index is 2.25. The number of benzene rings is 3. The van der Waals surface area contributed by atoms with Crippen LogP contribution in [-0.4, -0.2) is 0 Å². The molecule has 3 aromatic carbocycles. The van der Waals surface area contributed by atoms with Gasteiger partial charge in [-0.3, -0.25) is 0 Å². The van der Waals surface area contributed by atoms with Gasteiger partial charge in [-0.1, -0.05) is 120 Å². The second-order valence-electron chi connectivity index (χ2n) is 10.3. The molecule has 168 valence electrons. The highest BCUT2D eigenvalue weighted by Gasteiger charge is 2.30. The van der Waals surface area contributed by atoms with E-state index in [4.69, 9.17) is 0 Å². The van der Waals surface area contributed by atoms with E-state index in [-0.39, 0.29) is 10.8 Å². The molecule has 0 radical (unpaired) electrons. The van der Waals surface area contributed by atoms with E-state index in [1.165, 1.54) is 33.0 Å². The highest BCUT2D eigenvalue weighted by Crippen LogP contribution is 2.48. The van der Waals surface area contributed by atoms with Crippen molar-refractivity contribution in [3.05, 3.63) is 102 Å². The largest absolute Gasteiger partial charge is 0.326 e. The SMILES string of the molecule is C=CCc1cc(C(C)(C)C)c(N(Pc2ccccc2)Pc2ccccc2)c(C(C)(C)C)c1. The normalized spacial score (nSPS) is 12.7. The van der Waals surface area contributed by atoms with Gasteiger partial charge < -0.3 is 4.44 Å². The van der Waals surface area contributed by atoms with E-state index >= 15 is 0 Å². The van der Waals surface area contributed by atoms with E-state index < -0.39 is 0 Å². The van der Waals surface area contributed by atoms with Crippen molar-refractivity contribution in [1.82, 2.24) is 0 Å². The van der Waals surface area contributed by atoms with E-state index in [0.29, 0.717) is 17.5 Å². The molecule has 0 spiro atoms. The number of anilines is 1. The van der Waals surface area contributed by atoms with Crippen LogP contribution in [0.5, 0.6) is 0 Å². The van der Waals surface area contributed by atoms with Gasteiger partial charge in [-0.25, -0.2) is 0 Å². The number of hydrogen-bond donors (Lipinski definition) is 0. The van der Waals surface area contributed by atoms with Gasteiger partial charge in [0.05, 0.1) is 5.69 Å². The van der Waals surface area contributed by atoms with Gasteiger partial charge in [-0.15, -0.1) is 6.58 Å². The molecule has 32 heavy (non-hydrogen) atoms. The molecule has 0 bridgehead atoms. The number of nitrogens with zero attached hydrogens (tertiary/aromatic N) is 1. The summed E-state index contributed by atoms with van der Waals surface area (Å²) in [6.45, 7) is 18.0. The third-order valence-corrected chi connectivity index (χ3v) is 8.17. The van der Waals surface area contributed by atoms with Crippen LogP contribution in [0.15, 0.2) is 85.5 Å². The van der Waals surface area contributed by atoms with Gasteiger partial charge in [0.1, 0.15) is 0 Å². The summed E-state index contributed by atoms with van der Waals surface area (Å²) in [5.74, 6) is 0. The Morgan fingerprint density at radius 3 is 1.47 bits per heavy atom. The van der Waals surface area contributed by atoms with Gasteiger partial charge in [-0.2, -0.15) is 0 Å². The first-order chi connectivity index (χ1) is 15.1. The molecule has 3 heteroatoms. The molecule has 0 saturated heterocycles. The summed E-state index contributed by atoms with van der Waals surface area (Å²) in [5, 5.41) is 2.73. The molecule has 0 aliphatic heterocycles. The van der Waals surface area contributed by atoms with Crippen molar-refractivity contribution in [2.24, 2.45) is 0 Å².